The van der Waals surface area contributed by atoms with Gasteiger partial charge in [-0.25, -0.2) is 9.59 Å². The quantitative estimate of drug-likeness (QED) is 0.678. The second kappa shape index (κ2) is 9.03. The van der Waals surface area contributed by atoms with Gasteiger partial charge in [0.25, 0.3) is 0 Å². The molecule has 0 saturated carbocycles. The molecule has 3 amide bonds. The summed E-state index contributed by atoms with van der Waals surface area (Å²) in [6, 6.07) is 11.3. The number of benzene rings is 2. The Morgan fingerprint density at radius 3 is 2.34 bits per heavy atom. The van der Waals surface area contributed by atoms with E-state index in [2.05, 4.69) is 16.1 Å². The molecule has 5 rings (SSSR count). The molecule has 3 aliphatic rings. The lowest BCUT2D eigenvalue weighted by Crippen LogP contribution is -2.60. The third-order valence-electron chi connectivity index (χ3n) is 6.52. The highest BCUT2D eigenvalue weighted by atomic mass is 32.2. The van der Waals surface area contributed by atoms with Crippen molar-refractivity contribution in [2.45, 2.75) is 50.4 Å². The molecule has 1 aliphatic heterocycles. The number of likely N-dealkylation sites (tertiary alicyclic amines) is 1. The van der Waals surface area contributed by atoms with Crippen LogP contribution in [0.15, 0.2) is 36.4 Å². The van der Waals surface area contributed by atoms with Gasteiger partial charge in [-0.2, -0.15) is 4.72 Å². The minimum absolute atomic E-state index is 0.205. The summed E-state index contributed by atoms with van der Waals surface area (Å²) in [5.74, 6) is 0. The molecule has 2 aromatic carbocycles. The van der Waals surface area contributed by atoms with E-state index in [9.17, 15) is 14.1 Å². The summed E-state index contributed by atoms with van der Waals surface area (Å²) in [4.78, 5) is 26.3. The zero-order chi connectivity index (χ0) is 22.1. The molecule has 0 spiro atoms. The highest BCUT2D eigenvalue weighted by Gasteiger charge is 2.41. The molecule has 1 saturated heterocycles. The summed E-state index contributed by atoms with van der Waals surface area (Å²) in [5.41, 5.74) is 7.00. The summed E-state index contributed by atoms with van der Waals surface area (Å²) in [6.45, 7) is 0.809. The van der Waals surface area contributed by atoms with Crippen LogP contribution in [0.25, 0.3) is 0 Å². The number of anilines is 1. The number of hydrogen-bond acceptors (Lipinski definition) is 4. The minimum atomic E-state index is -1.57. The monoisotopic (exact) mass is 453 g/mol. The van der Waals surface area contributed by atoms with Gasteiger partial charge in [-0.1, -0.05) is 36.4 Å². The smallest absolute Gasteiger partial charge is 0.410 e. The third kappa shape index (κ3) is 4.29. The first-order valence-corrected chi connectivity index (χ1v) is 12.4. The number of nitrogens with one attached hydrogen (secondary N) is 2. The number of hydrogen-bond donors (Lipinski definition) is 2. The fourth-order valence-corrected chi connectivity index (χ4v) is 5.85. The van der Waals surface area contributed by atoms with E-state index >= 15 is 0 Å². The first-order chi connectivity index (χ1) is 15.6. The number of carbonyl (C=O) groups excluding carboxylic acids is 2. The molecule has 1 heterocycles. The zero-order valence-corrected chi connectivity index (χ0v) is 18.7. The van der Waals surface area contributed by atoms with Crippen LogP contribution in [0.4, 0.5) is 15.3 Å². The largest absolute Gasteiger partial charge is 0.593 e. The van der Waals surface area contributed by atoms with Gasteiger partial charge in [-0.15, -0.1) is 0 Å². The van der Waals surface area contributed by atoms with Crippen molar-refractivity contribution in [1.82, 2.24) is 9.62 Å². The van der Waals surface area contributed by atoms with E-state index in [0.717, 1.165) is 49.8 Å². The second-order valence-corrected chi connectivity index (χ2v) is 10.1. The number of amides is 3. The SMILES string of the molecule is O=C(Nc1c2c(cc3c1CCC3)CCC2)N[S+]([O-])C1CN(C(=O)OCc2ccccc2)C1. The Labute approximate surface area is 190 Å². The van der Waals surface area contributed by atoms with Crippen LogP contribution in [-0.2, 0) is 48.4 Å². The van der Waals surface area contributed by atoms with E-state index in [1.54, 1.807) is 0 Å². The van der Waals surface area contributed by atoms with Crippen molar-refractivity contribution in [1.29, 1.82) is 0 Å². The van der Waals surface area contributed by atoms with Crippen LogP contribution >= 0.6 is 0 Å². The van der Waals surface area contributed by atoms with Crippen LogP contribution in [-0.4, -0.2) is 39.9 Å². The van der Waals surface area contributed by atoms with Gasteiger partial charge in [0.05, 0.1) is 24.5 Å². The Bertz CT molecular complexity index is 991. The van der Waals surface area contributed by atoms with Crippen LogP contribution in [0.2, 0.25) is 0 Å². The molecular weight excluding hydrogens is 426 g/mol. The lowest BCUT2D eigenvalue weighted by atomic mass is 9.99. The van der Waals surface area contributed by atoms with Gasteiger partial charge >= 0.3 is 12.1 Å². The van der Waals surface area contributed by atoms with Crippen molar-refractivity contribution >= 4 is 29.2 Å². The fourth-order valence-electron chi connectivity index (χ4n) is 4.81. The lowest BCUT2D eigenvalue weighted by Gasteiger charge is -2.37. The van der Waals surface area contributed by atoms with Gasteiger partial charge in [0.15, 0.2) is 5.25 Å². The highest BCUT2D eigenvalue weighted by Crippen LogP contribution is 2.38. The summed E-state index contributed by atoms with van der Waals surface area (Å²) in [7, 11) is 0. The topological polar surface area (TPSA) is 93.7 Å². The molecule has 1 unspecified atom stereocenters. The molecule has 7 nitrogen and oxygen atoms in total. The van der Waals surface area contributed by atoms with E-state index in [-0.39, 0.29) is 11.9 Å². The van der Waals surface area contributed by atoms with E-state index < -0.39 is 23.5 Å². The molecule has 2 aliphatic carbocycles. The molecule has 2 N–H and O–H groups in total. The number of nitrogens with zero attached hydrogens (tertiary/aromatic N) is 1. The molecule has 1 fully saturated rings. The van der Waals surface area contributed by atoms with Gasteiger partial charge in [0.2, 0.25) is 0 Å². The van der Waals surface area contributed by atoms with Crippen LogP contribution < -0.4 is 10.0 Å². The molecule has 32 heavy (non-hydrogen) atoms. The van der Waals surface area contributed by atoms with Crippen molar-refractivity contribution in [2.24, 2.45) is 0 Å². The van der Waals surface area contributed by atoms with Crippen molar-refractivity contribution in [2.75, 3.05) is 18.4 Å². The van der Waals surface area contributed by atoms with Crippen LogP contribution in [0.3, 0.4) is 0 Å². The average Bonchev–Trinajstić information content (AvgIpc) is 3.41. The maximum atomic E-state index is 12.6. The number of fused-ring (bicyclic) bond motifs is 2. The molecule has 0 bridgehead atoms. The number of ether oxygens (including phenoxy) is 1. The Hall–Kier alpha value is -2.71. The summed E-state index contributed by atoms with van der Waals surface area (Å²) < 4.78 is 20.5. The molecule has 8 heteroatoms. The first kappa shape index (κ1) is 21.2. The predicted molar refractivity (Wildman–Crippen MR) is 123 cm³/mol. The van der Waals surface area contributed by atoms with Gasteiger partial charge in [-0.3, -0.25) is 4.90 Å². The van der Waals surface area contributed by atoms with E-state index in [1.807, 2.05) is 30.3 Å². The Kier molecular flexibility index (Phi) is 5.97. The Morgan fingerprint density at radius 1 is 1.03 bits per heavy atom. The van der Waals surface area contributed by atoms with Crippen molar-refractivity contribution < 1.29 is 18.9 Å². The highest BCUT2D eigenvalue weighted by molar-refractivity contribution is 7.90. The molecule has 0 aromatic heterocycles. The molecule has 0 radical (unpaired) electrons. The molecule has 2 aromatic rings. The summed E-state index contributed by atoms with van der Waals surface area (Å²) in [5, 5.41) is 2.71. The summed E-state index contributed by atoms with van der Waals surface area (Å²) in [6.07, 6.45) is 5.86. The normalized spacial score (nSPS) is 17.8. The number of urea groups is 1. The van der Waals surface area contributed by atoms with E-state index in [1.165, 1.54) is 27.2 Å². The van der Waals surface area contributed by atoms with Crippen LogP contribution in [0, 0.1) is 0 Å². The zero-order valence-electron chi connectivity index (χ0n) is 17.9. The van der Waals surface area contributed by atoms with E-state index in [4.69, 9.17) is 4.74 Å². The first-order valence-electron chi connectivity index (χ1n) is 11.2. The second-order valence-electron chi connectivity index (χ2n) is 8.65. The van der Waals surface area contributed by atoms with Crippen molar-refractivity contribution in [3.05, 3.63) is 64.2 Å². The van der Waals surface area contributed by atoms with Crippen LogP contribution in [0.1, 0.15) is 40.7 Å². The van der Waals surface area contributed by atoms with E-state index in [0.29, 0.717) is 13.1 Å². The predicted octanol–water partition coefficient (Wildman–Crippen LogP) is 3.47. The molecular formula is C24H27N3O4S. The Morgan fingerprint density at radius 2 is 1.69 bits per heavy atom. The van der Waals surface area contributed by atoms with Crippen molar-refractivity contribution in [3.63, 3.8) is 0 Å². The van der Waals surface area contributed by atoms with Gasteiger partial charge in [0.1, 0.15) is 6.61 Å². The minimum Gasteiger partial charge on any atom is -0.593 e. The van der Waals surface area contributed by atoms with Crippen LogP contribution in [0.5, 0.6) is 0 Å². The summed E-state index contributed by atoms with van der Waals surface area (Å²) >= 11 is -1.57. The average molecular weight is 454 g/mol. The third-order valence-corrected chi connectivity index (χ3v) is 7.81. The van der Waals surface area contributed by atoms with Gasteiger partial charge < -0.3 is 14.6 Å². The standard InChI is InChI=1S/C24H27N3O4S/c28-23(25-22-20-10-4-8-17(20)12-18-9-5-11-21(18)22)26-32(30)19-13-27(14-19)24(29)31-15-16-6-2-1-3-7-16/h1-3,6-7,12,19H,4-5,8-11,13-15H2,(H2,25,26,28). The van der Waals surface area contributed by atoms with Gasteiger partial charge in [-0.05, 0) is 66.3 Å². The number of aryl methyl sites for hydroxylation is 2. The fraction of sp³-hybridized carbons (Fsp3) is 0.417. The Balaban J connectivity index is 1.12. The maximum absolute atomic E-state index is 12.6. The number of rotatable bonds is 5. The maximum Gasteiger partial charge on any atom is 0.410 e. The number of carbonyl (C=O) groups is 2. The molecule has 168 valence electrons. The molecule has 1 atom stereocenters. The lowest BCUT2D eigenvalue weighted by molar-refractivity contribution is 0.0766. The van der Waals surface area contributed by atoms with Crippen molar-refractivity contribution in [3.8, 4) is 0 Å². The van der Waals surface area contributed by atoms with Gasteiger partial charge in [0, 0.05) is 5.69 Å².